The van der Waals surface area contributed by atoms with E-state index in [-0.39, 0.29) is 15.5 Å². The Hall–Kier alpha value is -4.12. The topological polar surface area (TPSA) is 96.0 Å². The highest BCUT2D eigenvalue weighted by molar-refractivity contribution is 7.89. The minimum absolute atomic E-state index is 0.0898. The lowest BCUT2D eigenvalue weighted by atomic mass is 10.1. The van der Waals surface area contributed by atoms with Gasteiger partial charge in [-0.3, -0.25) is 0 Å². The molecule has 0 bridgehead atoms. The molecule has 5 aromatic rings. The third-order valence-corrected chi connectivity index (χ3v) is 10.2. The average molecular weight is 618 g/mol. The Labute approximate surface area is 253 Å². The zero-order valence-electron chi connectivity index (χ0n) is 24.8. The molecule has 43 heavy (non-hydrogen) atoms. The number of benzene rings is 5. The molecule has 10 heteroatoms. The van der Waals surface area contributed by atoms with Crippen LogP contribution in [0.4, 0.5) is 11.4 Å². The van der Waals surface area contributed by atoms with Gasteiger partial charge in [-0.15, -0.1) is 0 Å². The highest BCUT2D eigenvalue weighted by Crippen LogP contribution is 2.32. The fraction of sp³-hybridized carbons (Fsp3) is 0.212. The van der Waals surface area contributed by atoms with Crippen LogP contribution in [0.3, 0.4) is 0 Å². The summed E-state index contributed by atoms with van der Waals surface area (Å²) in [5, 5.41) is 2.90. The number of fused-ring (bicyclic) bond motifs is 2. The van der Waals surface area contributed by atoms with E-state index in [1.165, 1.54) is 6.07 Å². The van der Waals surface area contributed by atoms with Gasteiger partial charge in [-0.25, -0.2) is 13.1 Å². The largest absolute Gasteiger partial charge is 0.379 e. The zero-order chi connectivity index (χ0) is 30.9. The number of hydrogen-bond acceptors (Lipinski definition) is 7. The molecular formula is C33H35N3O5S2. The van der Waals surface area contributed by atoms with Gasteiger partial charge in [-0.05, 0) is 55.3 Å². The molecule has 224 valence electrons. The van der Waals surface area contributed by atoms with Crippen molar-refractivity contribution in [1.29, 1.82) is 0 Å². The average Bonchev–Trinajstić information content (AvgIpc) is 2.96. The van der Waals surface area contributed by atoms with Crippen molar-refractivity contribution < 1.29 is 21.0 Å². The minimum Gasteiger partial charge on any atom is -0.379 e. The molecule has 0 heterocycles. The number of nitrogens with zero attached hydrogens (tertiary/aromatic N) is 2. The molecule has 1 atom stereocenters. The molecule has 0 saturated carbocycles. The number of nitrogens with one attached hydrogen (secondary N) is 1. The van der Waals surface area contributed by atoms with E-state index < -0.39 is 26.2 Å². The van der Waals surface area contributed by atoms with Crippen molar-refractivity contribution in [3.63, 3.8) is 0 Å². The quantitative estimate of drug-likeness (QED) is 0.198. The molecule has 0 radical (unpaired) electrons. The molecule has 0 amide bonds. The lowest BCUT2D eigenvalue weighted by molar-refractivity contribution is 0.486. The van der Waals surface area contributed by atoms with Crippen LogP contribution in [0.5, 0.6) is 5.75 Å². The SMILES string of the molecule is C[C@@H](Cc1ccc(OS(=O)(=O)c2cccc3c(N(C)C)cccc23)cc1)NS(=O)(=O)c1cccc2c(N(C)C)cccc12. The summed E-state index contributed by atoms with van der Waals surface area (Å²) in [6.07, 6.45) is 0.399. The summed E-state index contributed by atoms with van der Waals surface area (Å²) in [5.74, 6) is 0.171. The smallest absolute Gasteiger partial charge is 0.339 e. The van der Waals surface area contributed by atoms with Crippen molar-refractivity contribution in [2.24, 2.45) is 0 Å². The van der Waals surface area contributed by atoms with Crippen LogP contribution in [0.15, 0.2) is 107 Å². The molecule has 0 fully saturated rings. The van der Waals surface area contributed by atoms with Gasteiger partial charge in [0.05, 0.1) is 4.90 Å². The van der Waals surface area contributed by atoms with Crippen LogP contribution >= 0.6 is 0 Å². The van der Waals surface area contributed by atoms with Crippen molar-refractivity contribution in [3.05, 3.63) is 103 Å². The van der Waals surface area contributed by atoms with E-state index in [4.69, 9.17) is 4.18 Å². The molecule has 0 saturated heterocycles. The molecule has 5 rings (SSSR count). The standard InChI is InChI=1S/C33H35N3O5S2/c1-23(34-42(37,38)32-16-8-10-26-28(32)12-6-14-30(26)35(2)3)22-24-18-20-25(21-19-24)41-43(39,40)33-17-9-11-27-29(33)13-7-15-31(27)36(4)5/h6-21,23,34H,22H2,1-5H3/t23-/m0/s1. The Morgan fingerprint density at radius 1 is 0.628 bits per heavy atom. The monoisotopic (exact) mass is 617 g/mol. The van der Waals surface area contributed by atoms with Crippen LogP contribution in [0, 0.1) is 0 Å². The fourth-order valence-electron chi connectivity index (χ4n) is 5.34. The van der Waals surface area contributed by atoms with Gasteiger partial charge >= 0.3 is 10.1 Å². The maximum Gasteiger partial charge on any atom is 0.339 e. The van der Waals surface area contributed by atoms with Crippen molar-refractivity contribution in [2.75, 3.05) is 38.0 Å². The van der Waals surface area contributed by atoms with Crippen LogP contribution in [0.25, 0.3) is 21.5 Å². The maximum absolute atomic E-state index is 13.4. The summed E-state index contributed by atoms with van der Waals surface area (Å²) in [5.41, 5.74) is 2.67. The first-order valence-electron chi connectivity index (χ1n) is 13.8. The second kappa shape index (κ2) is 11.9. The van der Waals surface area contributed by atoms with E-state index in [2.05, 4.69) is 4.72 Å². The zero-order valence-corrected chi connectivity index (χ0v) is 26.4. The fourth-order valence-corrected chi connectivity index (χ4v) is 7.95. The van der Waals surface area contributed by atoms with Gasteiger partial charge in [-0.1, -0.05) is 60.7 Å². The van der Waals surface area contributed by atoms with Crippen molar-refractivity contribution in [1.82, 2.24) is 4.72 Å². The first-order chi connectivity index (χ1) is 20.4. The van der Waals surface area contributed by atoms with Gasteiger partial charge in [0.1, 0.15) is 10.6 Å². The van der Waals surface area contributed by atoms with Crippen LogP contribution in [-0.2, 0) is 26.6 Å². The number of sulfonamides is 1. The Morgan fingerprint density at radius 2 is 1.09 bits per heavy atom. The van der Waals surface area contributed by atoms with Gasteiger partial charge < -0.3 is 14.0 Å². The molecule has 0 unspecified atom stereocenters. The normalized spacial score (nSPS) is 12.8. The first kappa shape index (κ1) is 30.3. The third-order valence-electron chi connectivity index (χ3n) is 7.27. The Morgan fingerprint density at radius 3 is 1.63 bits per heavy atom. The molecule has 8 nitrogen and oxygen atoms in total. The molecule has 0 spiro atoms. The van der Waals surface area contributed by atoms with Gasteiger partial charge in [0.15, 0.2) is 0 Å². The predicted molar refractivity (Wildman–Crippen MR) is 174 cm³/mol. The Kier molecular flexibility index (Phi) is 8.38. The number of anilines is 2. The Bertz CT molecular complexity index is 2010. The third kappa shape index (κ3) is 6.31. The lowest BCUT2D eigenvalue weighted by Gasteiger charge is -2.19. The summed E-state index contributed by atoms with van der Waals surface area (Å²) >= 11 is 0. The molecule has 5 aromatic carbocycles. The van der Waals surface area contributed by atoms with Gasteiger partial charge in [0.2, 0.25) is 10.0 Å². The van der Waals surface area contributed by atoms with Crippen LogP contribution in [0.1, 0.15) is 12.5 Å². The van der Waals surface area contributed by atoms with E-state index in [9.17, 15) is 16.8 Å². The molecule has 0 aliphatic rings. The summed E-state index contributed by atoms with van der Waals surface area (Å²) in [4.78, 5) is 4.20. The summed E-state index contributed by atoms with van der Waals surface area (Å²) in [7, 11) is -0.266. The highest BCUT2D eigenvalue weighted by atomic mass is 32.2. The Balaban J connectivity index is 1.31. The first-order valence-corrected chi connectivity index (χ1v) is 16.7. The lowest BCUT2D eigenvalue weighted by Crippen LogP contribution is -2.34. The molecule has 0 aromatic heterocycles. The minimum atomic E-state index is -4.11. The molecule has 0 aliphatic carbocycles. The number of rotatable bonds is 10. The van der Waals surface area contributed by atoms with Crippen LogP contribution in [-0.4, -0.2) is 51.1 Å². The van der Waals surface area contributed by atoms with Gasteiger partial charge in [0.25, 0.3) is 0 Å². The van der Waals surface area contributed by atoms with E-state index in [1.54, 1.807) is 55.5 Å². The summed E-state index contributed by atoms with van der Waals surface area (Å²) < 4.78 is 61.7. The summed E-state index contributed by atoms with van der Waals surface area (Å²) in [6, 6.07) is 27.8. The van der Waals surface area contributed by atoms with Gasteiger partial charge in [-0.2, -0.15) is 8.42 Å². The van der Waals surface area contributed by atoms with E-state index >= 15 is 0 Å². The van der Waals surface area contributed by atoms with E-state index in [1.807, 2.05) is 80.5 Å². The molecule has 1 N–H and O–H groups in total. The second-order valence-electron chi connectivity index (χ2n) is 11.0. The van der Waals surface area contributed by atoms with E-state index in [0.717, 1.165) is 27.7 Å². The van der Waals surface area contributed by atoms with Crippen molar-refractivity contribution in [3.8, 4) is 5.75 Å². The summed E-state index contributed by atoms with van der Waals surface area (Å²) in [6.45, 7) is 1.80. The van der Waals surface area contributed by atoms with Crippen LogP contribution in [0.2, 0.25) is 0 Å². The van der Waals surface area contributed by atoms with E-state index in [0.29, 0.717) is 17.2 Å². The molecular weight excluding hydrogens is 583 g/mol. The maximum atomic E-state index is 13.4. The van der Waals surface area contributed by atoms with Crippen molar-refractivity contribution in [2.45, 2.75) is 29.2 Å². The van der Waals surface area contributed by atoms with Crippen molar-refractivity contribution >= 4 is 53.1 Å². The van der Waals surface area contributed by atoms with Gasteiger partial charge in [0, 0.05) is 67.2 Å². The number of hydrogen-bond donors (Lipinski definition) is 1. The van der Waals surface area contributed by atoms with Crippen LogP contribution < -0.4 is 18.7 Å². The highest BCUT2D eigenvalue weighted by Gasteiger charge is 2.23. The predicted octanol–water partition coefficient (Wildman–Crippen LogP) is 5.80. The molecule has 0 aliphatic heterocycles. The second-order valence-corrected chi connectivity index (χ2v) is 14.2.